The molecule has 3 aliphatic carbocycles. The Labute approximate surface area is 236 Å². The summed E-state index contributed by atoms with van der Waals surface area (Å²) in [4.78, 5) is 0. The van der Waals surface area contributed by atoms with Crippen molar-refractivity contribution in [3.05, 3.63) is 133 Å². The van der Waals surface area contributed by atoms with E-state index >= 15 is 0 Å². The van der Waals surface area contributed by atoms with Gasteiger partial charge in [-0.15, -0.1) is 0 Å². The molecule has 6 rings (SSSR count). The third-order valence-electron chi connectivity index (χ3n) is 8.10. The van der Waals surface area contributed by atoms with E-state index in [0.717, 1.165) is 0 Å². The molecule has 4 heteroatoms. The fraction of sp³-hybridized carbons (Fsp3) is 0.182. The zero-order chi connectivity index (χ0) is 25.8. The molecule has 0 aromatic heterocycles. The maximum atomic E-state index is 6.95. The van der Waals surface area contributed by atoms with Gasteiger partial charge in [0.1, 0.15) is 0 Å². The van der Waals surface area contributed by atoms with Crippen LogP contribution in [-0.2, 0) is 19.1 Å². The second-order valence-corrected chi connectivity index (χ2v) is 24.5. The van der Waals surface area contributed by atoms with Gasteiger partial charge >= 0.3 is 238 Å². The van der Waals surface area contributed by atoms with Gasteiger partial charge in [0.25, 0.3) is 0 Å². The zero-order valence-corrected chi connectivity index (χ0v) is 27.7. The first-order valence-electron chi connectivity index (χ1n) is 12.8. The Morgan fingerprint density at radius 3 is 2.27 bits per heavy atom. The number of rotatable bonds is 3. The van der Waals surface area contributed by atoms with Crippen LogP contribution in [0.4, 0.5) is 0 Å². The van der Waals surface area contributed by atoms with Gasteiger partial charge in [-0.25, -0.2) is 0 Å². The van der Waals surface area contributed by atoms with Gasteiger partial charge in [0, 0.05) is 0 Å². The van der Waals surface area contributed by atoms with E-state index in [0.29, 0.717) is 0 Å². The molecule has 0 nitrogen and oxygen atoms in total. The van der Waals surface area contributed by atoms with Crippen molar-refractivity contribution in [1.82, 2.24) is 0 Å². The Kier molecular flexibility index (Phi) is 6.90. The Hall–Kier alpha value is -1.84. The first kappa shape index (κ1) is 25.4. The fourth-order valence-corrected chi connectivity index (χ4v) is 14.9. The number of benzene rings is 3. The monoisotopic (exact) mass is 703 g/mol. The predicted octanol–water partition coefficient (Wildman–Crippen LogP) is 9.64. The molecule has 0 N–H and O–H groups in total. The number of allylic oxidation sites excluding steroid dienone is 9. The molecule has 0 saturated heterocycles. The van der Waals surface area contributed by atoms with Gasteiger partial charge in [-0.1, -0.05) is 0 Å². The molecular weight excluding hydrogens is 674 g/mol. The third-order valence-corrected chi connectivity index (χ3v) is 16.5. The summed E-state index contributed by atoms with van der Waals surface area (Å²) in [5.41, 5.74) is 11.0. The molecule has 0 fully saturated rings. The third kappa shape index (κ3) is 4.16. The minimum absolute atomic E-state index is 0.212. The Balaban J connectivity index is 1.69. The number of hydrogen-bond donors (Lipinski definition) is 0. The Morgan fingerprint density at radius 2 is 1.54 bits per heavy atom. The maximum absolute atomic E-state index is 6.95. The van der Waals surface area contributed by atoms with Crippen molar-refractivity contribution >= 4 is 47.6 Å². The summed E-state index contributed by atoms with van der Waals surface area (Å²) < 4.78 is 1.27. The van der Waals surface area contributed by atoms with Gasteiger partial charge in [0.15, 0.2) is 0 Å². The average Bonchev–Trinajstić information content (AvgIpc) is 3.27. The predicted molar refractivity (Wildman–Crippen MR) is 161 cm³/mol. The van der Waals surface area contributed by atoms with Gasteiger partial charge in [-0.3, -0.25) is 0 Å². The molecule has 0 bridgehead atoms. The molecule has 183 valence electrons. The standard InChI is InChI=1S/C33H29Si.2ClH.Hf/c1-21-19-25-14-10-16-29(34(3)4)32(24-12-6-5-7-13-24)33(25)31(21)30-22(2)20-28-26-15-9-8-11-23(26)17-18-27(28)30;;;/h5-18,20,30,32H,1-4H3;2*1H;/q;;;+2/p-2. The van der Waals surface area contributed by atoms with E-state index < -0.39 is 27.5 Å². The van der Waals surface area contributed by atoms with Gasteiger partial charge in [0.05, 0.1) is 0 Å². The Bertz CT molecular complexity index is 1630. The van der Waals surface area contributed by atoms with E-state index in [1.165, 1.54) is 58.7 Å². The van der Waals surface area contributed by atoms with Crippen molar-refractivity contribution in [2.45, 2.75) is 38.8 Å². The van der Waals surface area contributed by atoms with Crippen molar-refractivity contribution in [1.29, 1.82) is 0 Å². The second kappa shape index (κ2) is 10.0. The van der Waals surface area contributed by atoms with Gasteiger partial charge in [-0.2, -0.15) is 0 Å². The van der Waals surface area contributed by atoms with E-state index in [9.17, 15) is 0 Å². The molecule has 2 unspecified atom stereocenters. The first-order valence-corrected chi connectivity index (χ1v) is 26.0. The van der Waals surface area contributed by atoms with Crippen LogP contribution >= 0.6 is 17.2 Å². The topological polar surface area (TPSA) is 0 Å². The van der Waals surface area contributed by atoms with E-state index in [2.05, 4.69) is 118 Å². The van der Waals surface area contributed by atoms with Crippen LogP contribution in [0.15, 0.2) is 116 Å². The summed E-state index contributed by atoms with van der Waals surface area (Å²) in [5, 5.41) is 4.16. The molecule has 0 radical (unpaired) electrons. The number of fused-ring (bicyclic) bond motifs is 4. The average molecular weight is 703 g/mol. The SMILES string of the molecule is CC1=Cc2c(ccc3ccccc23)C1C1=C2C(=CC=CC(=[Si](C)C)C2c2ccccc2)[C]([Hf]([Cl])[Cl])=C1C. The molecule has 0 amide bonds. The normalized spacial score (nSPS) is 20.6. The summed E-state index contributed by atoms with van der Waals surface area (Å²) in [7, 11) is 13.2. The van der Waals surface area contributed by atoms with Crippen LogP contribution in [0.25, 0.3) is 16.8 Å². The Morgan fingerprint density at radius 1 is 0.811 bits per heavy atom. The summed E-state index contributed by atoms with van der Waals surface area (Å²) in [5.74, 6) is 0.429. The number of halogens is 2. The van der Waals surface area contributed by atoms with Crippen molar-refractivity contribution in [2.75, 3.05) is 0 Å². The van der Waals surface area contributed by atoms with Crippen molar-refractivity contribution in [3.8, 4) is 0 Å². The van der Waals surface area contributed by atoms with E-state index in [1.54, 1.807) is 5.17 Å². The first-order chi connectivity index (χ1) is 17.9. The summed E-state index contributed by atoms with van der Waals surface area (Å²) in [6.07, 6.45) is 9.35. The fourth-order valence-electron chi connectivity index (χ4n) is 6.53. The van der Waals surface area contributed by atoms with Crippen LogP contribution in [0.1, 0.15) is 42.4 Å². The summed E-state index contributed by atoms with van der Waals surface area (Å²) in [6, 6.07) is 24.4. The van der Waals surface area contributed by atoms with Crippen LogP contribution in [-0.4, -0.2) is 13.6 Å². The van der Waals surface area contributed by atoms with Crippen LogP contribution < -0.4 is 0 Å². The molecule has 3 aliphatic rings. The molecule has 2 atom stereocenters. The van der Waals surface area contributed by atoms with Crippen molar-refractivity contribution in [3.63, 3.8) is 0 Å². The van der Waals surface area contributed by atoms with Gasteiger partial charge in [-0.05, 0) is 0 Å². The molecule has 3 aromatic carbocycles. The molecule has 0 heterocycles. The quantitative estimate of drug-likeness (QED) is 0.239. The van der Waals surface area contributed by atoms with Crippen LogP contribution in [0.2, 0.25) is 13.1 Å². The van der Waals surface area contributed by atoms with Crippen molar-refractivity contribution in [2.24, 2.45) is 0 Å². The van der Waals surface area contributed by atoms with Crippen LogP contribution in [0.3, 0.4) is 0 Å². The van der Waals surface area contributed by atoms with Crippen LogP contribution in [0, 0.1) is 0 Å². The molecule has 37 heavy (non-hydrogen) atoms. The molecule has 0 spiro atoms. The molecular formula is C33H29Cl2HfSi. The zero-order valence-electron chi connectivity index (χ0n) is 21.6. The minimum atomic E-state index is -2.95. The number of hydrogen-bond acceptors (Lipinski definition) is 0. The van der Waals surface area contributed by atoms with E-state index in [1.807, 2.05) is 0 Å². The van der Waals surface area contributed by atoms with Crippen LogP contribution in [0.5, 0.6) is 0 Å². The van der Waals surface area contributed by atoms with E-state index in [-0.39, 0.29) is 11.8 Å². The second-order valence-electron chi connectivity index (χ2n) is 10.4. The van der Waals surface area contributed by atoms with E-state index in [4.69, 9.17) is 17.2 Å². The molecule has 3 aromatic rings. The summed E-state index contributed by atoms with van der Waals surface area (Å²) in [6.45, 7) is 9.41. The van der Waals surface area contributed by atoms with Crippen molar-refractivity contribution < 1.29 is 19.1 Å². The summed E-state index contributed by atoms with van der Waals surface area (Å²) >= 11 is -2.95. The van der Waals surface area contributed by atoms with Gasteiger partial charge in [0.2, 0.25) is 0 Å². The molecule has 0 saturated carbocycles. The molecule has 0 aliphatic heterocycles. The van der Waals surface area contributed by atoms with Gasteiger partial charge < -0.3 is 0 Å².